The van der Waals surface area contributed by atoms with Crippen molar-refractivity contribution >= 4 is 5.78 Å². The van der Waals surface area contributed by atoms with Crippen molar-refractivity contribution in [2.24, 2.45) is 23.7 Å². The van der Waals surface area contributed by atoms with Crippen LogP contribution in [0.5, 0.6) is 0 Å². The molecular formula is C16H28O2. The number of Topliss-reactive ketones (excluding diaryl/α,β-unsaturated/α-hetero) is 1. The molecular weight excluding hydrogens is 224 g/mol. The van der Waals surface area contributed by atoms with Crippen LogP contribution in [0.15, 0.2) is 0 Å². The maximum absolute atomic E-state index is 12.3. The molecule has 0 aromatic carbocycles. The highest BCUT2D eigenvalue weighted by atomic mass is 16.5. The molecule has 2 nitrogen and oxygen atoms in total. The molecule has 0 radical (unpaired) electrons. The number of carbonyl (C=O) groups is 1. The zero-order valence-corrected chi connectivity index (χ0v) is 12.4. The Kier molecular flexibility index (Phi) is 4.15. The maximum Gasteiger partial charge on any atom is 0.136 e. The number of rotatable bonds is 3. The molecule has 0 aromatic heterocycles. The zero-order chi connectivity index (χ0) is 13.3. The third-order valence-corrected chi connectivity index (χ3v) is 5.76. The van der Waals surface area contributed by atoms with Gasteiger partial charge in [0.25, 0.3) is 0 Å². The Hall–Kier alpha value is -0.370. The Morgan fingerprint density at radius 2 is 2.00 bits per heavy atom. The summed E-state index contributed by atoms with van der Waals surface area (Å²) in [6, 6.07) is 0. The Balaban J connectivity index is 2.28. The molecule has 2 aliphatic carbocycles. The molecule has 0 amide bonds. The Bertz CT molecular complexity index is 312. The first-order valence-electron chi connectivity index (χ1n) is 7.63. The second-order valence-electron chi connectivity index (χ2n) is 6.53. The minimum Gasteiger partial charge on any atom is -0.378 e. The predicted molar refractivity (Wildman–Crippen MR) is 73.4 cm³/mol. The summed E-state index contributed by atoms with van der Waals surface area (Å²) in [6.45, 7) is 6.75. The van der Waals surface area contributed by atoms with Crippen LogP contribution in [0, 0.1) is 23.7 Å². The van der Waals surface area contributed by atoms with E-state index in [0.717, 1.165) is 25.2 Å². The summed E-state index contributed by atoms with van der Waals surface area (Å²) in [5.74, 6) is 2.62. The van der Waals surface area contributed by atoms with Crippen LogP contribution in [-0.2, 0) is 9.53 Å². The quantitative estimate of drug-likeness (QED) is 0.763. The summed E-state index contributed by atoms with van der Waals surface area (Å²) < 4.78 is 5.83. The molecule has 18 heavy (non-hydrogen) atoms. The van der Waals surface area contributed by atoms with Crippen LogP contribution in [0.25, 0.3) is 0 Å². The average Bonchev–Trinajstić information content (AvgIpc) is 2.41. The lowest BCUT2D eigenvalue weighted by Gasteiger charge is -2.51. The highest BCUT2D eigenvalue weighted by Gasteiger charge is 2.51. The average molecular weight is 252 g/mol. The van der Waals surface area contributed by atoms with Gasteiger partial charge in [0.2, 0.25) is 0 Å². The van der Waals surface area contributed by atoms with E-state index in [0.29, 0.717) is 17.6 Å². The Morgan fingerprint density at radius 1 is 1.28 bits per heavy atom. The number of hydrogen-bond acceptors (Lipinski definition) is 2. The fraction of sp³-hybridized carbons (Fsp3) is 0.938. The van der Waals surface area contributed by atoms with Gasteiger partial charge in [-0.15, -0.1) is 0 Å². The largest absolute Gasteiger partial charge is 0.378 e. The van der Waals surface area contributed by atoms with Crippen molar-refractivity contribution in [1.82, 2.24) is 0 Å². The molecule has 0 saturated heterocycles. The first-order chi connectivity index (χ1) is 8.55. The highest BCUT2D eigenvalue weighted by molar-refractivity contribution is 5.83. The predicted octanol–water partition coefficient (Wildman–Crippen LogP) is 3.83. The fourth-order valence-corrected chi connectivity index (χ4v) is 4.35. The standard InChI is InChI=1S/C16H28O2/c1-5-11-9-12(6-2)15-13(10-11)16(3,18-4)8-7-14(15)17/h11-13,15H,5-10H2,1-4H3/t11?,12-,13+,15-,16?/m0/s1. The second kappa shape index (κ2) is 5.32. The van der Waals surface area contributed by atoms with Crippen LogP contribution < -0.4 is 0 Å². The lowest BCUT2D eigenvalue weighted by atomic mass is 9.56. The van der Waals surface area contributed by atoms with E-state index < -0.39 is 0 Å². The van der Waals surface area contributed by atoms with Crippen LogP contribution in [0.3, 0.4) is 0 Å². The van der Waals surface area contributed by atoms with E-state index in [-0.39, 0.29) is 11.5 Å². The monoisotopic (exact) mass is 252 g/mol. The van der Waals surface area contributed by atoms with E-state index >= 15 is 0 Å². The van der Waals surface area contributed by atoms with Gasteiger partial charge in [0, 0.05) is 19.4 Å². The van der Waals surface area contributed by atoms with E-state index in [4.69, 9.17) is 4.74 Å². The van der Waals surface area contributed by atoms with Crippen LogP contribution >= 0.6 is 0 Å². The van der Waals surface area contributed by atoms with E-state index in [9.17, 15) is 4.79 Å². The Morgan fingerprint density at radius 3 is 2.56 bits per heavy atom. The lowest BCUT2D eigenvalue weighted by Crippen LogP contribution is -2.53. The fourth-order valence-electron chi connectivity index (χ4n) is 4.35. The van der Waals surface area contributed by atoms with Crippen molar-refractivity contribution in [2.45, 2.75) is 64.9 Å². The van der Waals surface area contributed by atoms with Gasteiger partial charge in [-0.1, -0.05) is 26.7 Å². The topological polar surface area (TPSA) is 26.3 Å². The van der Waals surface area contributed by atoms with Gasteiger partial charge >= 0.3 is 0 Å². The molecule has 5 atom stereocenters. The van der Waals surface area contributed by atoms with Crippen molar-refractivity contribution in [3.05, 3.63) is 0 Å². The molecule has 2 saturated carbocycles. The molecule has 0 heterocycles. The minimum absolute atomic E-state index is 0.0696. The molecule has 2 heteroatoms. The number of hydrogen-bond donors (Lipinski definition) is 0. The first kappa shape index (κ1) is 14.0. The first-order valence-corrected chi connectivity index (χ1v) is 7.63. The minimum atomic E-state index is -0.0696. The third-order valence-electron chi connectivity index (χ3n) is 5.76. The molecule has 104 valence electrons. The molecule has 0 bridgehead atoms. The summed E-state index contributed by atoms with van der Waals surface area (Å²) in [5.41, 5.74) is -0.0696. The van der Waals surface area contributed by atoms with Gasteiger partial charge in [-0.2, -0.15) is 0 Å². The summed E-state index contributed by atoms with van der Waals surface area (Å²) in [6.07, 6.45) is 6.46. The molecule has 0 aromatic rings. The molecule has 2 rings (SSSR count). The van der Waals surface area contributed by atoms with Crippen molar-refractivity contribution < 1.29 is 9.53 Å². The van der Waals surface area contributed by atoms with Gasteiger partial charge in [0.05, 0.1) is 5.60 Å². The van der Waals surface area contributed by atoms with Gasteiger partial charge in [0.15, 0.2) is 0 Å². The molecule has 2 unspecified atom stereocenters. The SMILES string of the molecule is CCC1C[C@H](CC)[C@@H]2C(=O)CCC(C)(OC)[C@@H]2C1. The van der Waals surface area contributed by atoms with Crippen LogP contribution in [-0.4, -0.2) is 18.5 Å². The molecule has 0 N–H and O–H groups in total. The number of ether oxygens (including phenoxy) is 1. The summed E-state index contributed by atoms with van der Waals surface area (Å²) in [4.78, 5) is 12.3. The van der Waals surface area contributed by atoms with Gasteiger partial charge < -0.3 is 4.74 Å². The van der Waals surface area contributed by atoms with Gasteiger partial charge in [-0.05, 0) is 43.9 Å². The third kappa shape index (κ3) is 2.24. The summed E-state index contributed by atoms with van der Waals surface area (Å²) in [7, 11) is 1.82. The smallest absolute Gasteiger partial charge is 0.136 e. The molecule has 2 fully saturated rings. The van der Waals surface area contributed by atoms with E-state index in [2.05, 4.69) is 20.8 Å². The normalized spacial score (nSPS) is 44.8. The zero-order valence-electron chi connectivity index (χ0n) is 12.4. The van der Waals surface area contributed by atoms with Crippen LogP contribution in [0.1, 0.15) is 59.3 Å². The van der Waals surface area contributed by atoms with Crippen LogP contribution in [0.4, 0.5) is 0 Å². The molecule has 0 aliphatic heterocycles. The van der Waals surface area contributed by atoms with Gasteiger partial charge in [-0.3, -0.25) is 4.79 Å². The number of ketones is 1. The highest BCUT2D eigenvalue weighted by Crippen LogP contribution is 2.51. The second-order valence-corrected chi connectivity index (χ2v) is 6.53. The number of fused-ring (bicyclic) bond motifs is 1. The Labute approximate surface area is 111 Å². The van der Waals surface area contributed by atoms with Gasteiger partial charge in [0.1, 0.15) is 5.78 Å². The number of carbonyl (C=O) groups excluding carboxylic acids is 1. The van der Waals surface area contributed by atoms with Crippen molar-refractivity contribution in [2.75, 3.05) is 7.11 Å². The van der Waals surface area contributed by atoms with E-state index in [1.54, 1.807) is 0 Å². The van der Waals surface area contributed by atoms with E-state index in [1.807, 2.05) is 7.11 Å². The lowest BCUT2D eigenvalue weighted by molar-refractivity contribution is -0.156. The summed E-state index contributed by atoms with van der Waals surface area (Å²) >= 11 is 0. The summed E-state index contributed by atoms with van der Waals surface area (Å²) in [5, 5.41) is 0. The van der Waals surface area contributed by atoms with Gasteiger partial charge in [-0.25, -0.2) is 0 Å². The maximum atomic E-state index is 12.3. The molecule has 0 spiro atoms. The van der Waals surface area contributed by atoms with Crippen molar-refractivity contribution in [3.8, 4) is 0 Å². The van der Waals surface area contributed by atoms with Crippen molar-refractivity contribution in [1.29, 1.82) is 0 Å². The van der Waals surface area contributed by atoms with Crippen LogP contribution in [0.2, 0.25) is 0 Å². The van der Waals surface area contributed by atoms with E-state index in [1.165, 1.54) is 19.3 Å². The number of methoxy groups -OCH3 is 1. The molecule has 2 aliphatic rings. The van der Waals surface area contributed by atoms with Crippen molar-refractivity contribution in [3.63, 3.8) is 0 Å².